The monoisotopic (exact) mass is 536 g/mol. The van der Waals surface area contributed by atoms with E-state index in [-0.39, 0.29) is 37.1 Å². The summed E-state index contributed by atoms with van der Waals surface area (Å²) >= 11 is 0. The lowest BCUT2D eigenvalue weighted by atomic mass is 10.1. The highest BCUT2D eigenvalue weighted by atomic mass is 19.1. The fourth-order valence-electron chi connectivity index (χ4n) is 4.33. The molecule has 204 valence electrons. The molecular weight excluding hydrogens is 506 g/mol. The van der Waals surface area contributed by atoms with E-state index in [1.165, 1.54) is 54.5 Å². The number of nitrogens with one attached hydrogen (secondary N) is 1. The average Bonchev–Trinajstić information content (AvgIpc) is 2.95. The number of benzene rings is 3. The third kappa shape index (κ3) is 7.38. The van der Waals surface area contributed by atoms with Gasteiger partial charge in [0.25, 0.3) is 11.8 Å². The molecule has 0 spiro atoms. The summed E-state index contributed by atoms with van der Waals surface area (Å²) in [5, 5.41) is 2.80. The molecule has 3 aromatic carbocycles. The minimum atomic E-state index is -0.449. The molecule has 1 heterocycles. The Bertz CT molecular complexity index is 1290. The molecule has 1 fully saturated rings. The number of amides is 3. The van der Waals surface area contributed by atoms with Crippen molar-refractivity contribution in [2.45, 2.75) is 0 Å². The first kappa shape index (κ1) is 27.7. The van der Waals surface area contributed by atoms with Gasteiger partial charge in [0.1, 0.15) is 18.2 Å². The molecule has 0 bridgehead atoms. The molecule has 0 aromatic heterocycles. The minimum Gasteiger partial charge on any atom is -0.383 e. The van der Waals surface area contributed by atoms with E-state index in [1.807, 2.05) is 12.1 Å². The lowest BCUT2D eigenvalue weighted by molar-refractivity contribution is -0.117. The lowest BCUT2D eigenvalue weighted by Gasteiger charge is -2.36. The maximum absolute atomic E-state index is 13.5. The molecule has 4 rings (SSSR count). The van der Waals surface area contributed by atoms with Gasteiger partial charge in [0.05, 0.1) is 6.61 Å². The summed E-state index contributed by atoms with van der Waals surface area (Å²) in [6.45, 7) is 2.51. The maximum atomic E-state index is 13.5. The van der Waals surface area contributed by atoms with E-state index in [1.54, 1.807) is 23.1 Å². The Labute approximate surface area is 225 Å². The van der Waals surface area contributed by atoms with E-state index in [4.69, 9.17) is 4.74 Å². The zero-order chi connectivity index (χ0) is 27.8. The first-order chi connectivity index (χ1) is 18.8. The number of methoxy groups -OCH3 is 1. The highest BCUT2D eigenvalue weighted by molar-refractivity contribution is 5.99. The highest BCUT2D eigenvalue weighted by Crippen LogP contribution is 2.21. The molecule has 1 N–H and O–H groups in total. The van der Waals surface area contributed by atoms with Crippen molar-refractivity contribution < 1.29 is 27.9 Å². The van der Waals surface area contributed by atoms with Gasteiger partial charge in [-0.2, -0.15) is 0 Å². The number of carbonyl (C=O) groups is 3. The second kappa shape index (κ2) is 13.0. The first-order valence-corrected chi connectivity index (χ1v) is 12.6. The van der Waals surface area contributed by atoms with Gasteiger partial charge in [-0.3, -0.25) is 14.4 Å². The number of piperazine rings is 1. The number of hydrogen-bond acceptors (Lipinski definition) is 5. The molecule has 1 aliphatic rings. The van der Waals surface area contributed by atoms with Gasteiger partial charge in [-0.1, -0.05) is 6.07 Å². The van der Waals surface area contributed by atoms with Crippen molar-refractivity contribution in [3.8, 4) is 0 Å². The highest BCUT2D eigenvalue weighted by Gasteiger charge is 2.23. The fraction of sp³-hybridized carbons (Fsp3) is 0.276. The maximum Gasteiger partial charge on any atom is 0.254 e. The Morgan fingerprint density at radius 3 is 2.21 bits per heavy atom. The number of anilines is 2. The van der Waals surface area contributed by atoms with Crippen LogP contribution in [0.5, 0.6) is 0 Å². The predicted molar refractivity (Wildman–Crippen MR) is 144 cm³/mol. The van der Waals surface area contributed by atoms with Gasteiger partial charge in [-0.25, -0.2) is 8.78 Å². The van der Waals surface area contributed by atoms with E-state index < -0.39 is 17.5 Å². The standard InChI is InChI=1S/C29H30F2N4O4/c1-39-18-17-35(28(37)21-5-7-23(30)8-6-21)20-27(36)32-25-9-11-26(12-10-25)33-13-15-34(16-14-33)29(38)22-3-2-4-24(31)19-22/h2-12,19H,13-18,20H2,1H3,(H,32,36). The van der Waals surface area contributed by atoms with E-state index >= 15 is 0 Å². The first-order valence-electron chi connectivity index (χ1n) is 12.6. The molecule has 3 aromatic rings. The Hall–Kier alpha value is -4.31. The Morgan fingerprint density at radius 2 is 1.56 bits per heavy atom. The van der Waals surface area contributed by atoms with E-state index in [0.29, 0.717) is 37.4 Å². The van der Waals surface area contributed by atoms with Crippen LogP contribution in [-0.4, -0.2) is 80.5 Å². The van der Waals surface area contributed by atoms with Crippen molar-refractivity contribution in [3.63, 3.8) is 0 Å². The molecule has 0 radical (unpaired) electrons. The smallest absolute Gasteiger partial charge is 0.254 e. The zero-order valence-corrected chi connectivity index (χ0v) is 21.6. The predicted octanol–water partition coefficient (Wildman–Crippen LogP) is 3.65. The van der Waals surface area contributed by atoms with Crippen molar-refractivity contribution in [3.05, 3.63) is 95.6 Å². The largest absolute Gasteiger partial charge is 0.383 e. The summed E-state index contributed by atoms with van der Waals surface area (Å²) < 4.78 is 31.8. The number of hydrogen-bond donors (Lipinski definition) is 1. The van der Waals surface area contributed by atoms with Crippen LogP contribution >= 0.6 is 0 Å². The molecule has 10 heteroatoms. The second-order valence-electron chi connectivity index (χ2n) is 9.11. The summed E-state index contributed by atoms with van der Waals surface area (Å²) in [6.07, 6.45) is 0. The Morgan fingerprint density at radius 1 is 0.872 bits per heavy atom. The van der Waals surface area contributed by atoms with Crippen LogP contribution in [0.3, 0.4) is 0 Å². The fourth-order valence-corrected chi connectivity index (χ4v) is 4.33. The normalized spacial score (nSPS) is 13.2. The molecule has 39 heavy (non-hydrogen) atoms. The number of ether oxygens (including phenoxy) is 1. The molecular formula is C29H30F2N4O4. The number of nitrogens with zero attached hydrogens (tertiary/aromatic N) is 3. The van der Waals surface area contributed by atoms with Crippen molar-refractivity contribution in [1.82, 2.24) is 9.80 Å². The zero-order valence-electron chi connectivity index (χ0n) is 21.6. The van der Waals surface area contributed by atoms with Crippen LogP contribution in [0.4, 0.5) is 20.2 Å². The lowest BCUT2D eigenvalue weighted by Crippen LogP contribution is -2.48. The Balaban J connectivity index is 1.31. The quantitative estimate of drug-likeness (QED) is 0.452. The minimum absolute atomic E-state index is 0.190. The van der Waals surface area contributed by atoms with Crippen molar-refractivity contribution in [1.29, 1.82) is 0 Å². The van der Waals surface area contributed by atoms with Gasteiger partial charge >= 0.3 is 0 Å². The van der Waals surface area contributed by atoms with E-state index in [9.17, 15) is 23.2 Å². The van der Waals surface area contributed by atoms with Crippen LogP contribution in [0.15, 0.2) is 72.8 Å². The molecule has 0 atom stereocenters. The Kier molecular flexibility index (Phi) is 9.22. The molecule has 3 amide bonds. The van der Waals surface area contributed by atoms with Gasteiger partial charge in [-0.05, 0) is 66.7 Å². The summed E-state index contributed by atoms with van der Waals surface area (Å²) in [5.41, 5.74) is 2.13. The van der Waals surface area contributed by atoms with E-state index in [2.05, 4.69) is 10.2 Å². The van der Waals surface area contributed by atoms with Gasteiger partial charge in [0, 0.05) is 62.3 Å². The summed E-state index contributed by atoms with van der Waals surface area (Å²) in [5.74, 6) is -1.85. The van der Waals surface area contributed by atoms with Crippen LogP contribution < -0.4 is 10.2 Å². The third-order valence-corrected chi connectivity index (χ3v) is 6.43. The van der Waals surface area contributed by atoms with Gasteiger partial charge in [0.15, 0.2) is 0 Å². The van der Waals surface area contributed by atoms with Crippen LogP contribution in [0.1, 0.15) is 20.7 Å². The second-order valence-corrected chi connectivity index (χ2v) is 9.11. The summed E-state index contributed by atoms with van der Waals surface area (Å²) in [6, 6.07) is 18.2. The van der Waals surface area contributed by atoms with E-state index in [0.717, 1.165) is 5.69 Å². The van der Waals surface area contributed by atoms with Crippen LogP contribution in [-0.2, 0) is 9.53 Å². The van der Waals surface area contributed by atoms with Gasteiger partial charge in [-0.15, -0.1) is 0 Å². The SMILES string of the molecule is COCCN(CC(=O)Nc1ccc(N2CCN(C(=O)c3cccc(F)c3)CC2)cc1)C(=O)c1ccc(F)cc1. The van der Waals surface area contributed by atoms with Crippen molar-refractivity contribution in [2.24, 2.45) is 0 Å². The van der Waals surface area contributed by atoms with Gasteiger partial charge < -0.3 is 24.8 Å². The molecule has 0 aliphatic carbocycles. The third-order valence-electron chi connectivity index (χ3n) is 6.43. The molecule has 0 saturated carbocycles. The average molecular weight is 537 g/mol. The molecule has 8 nitrogen and oxygen atoms in total. The number of carbonyl (C=O) groups excluding carboxylic acids is 3. The van der Waals surface area contributed by atoms with Crippen molar-refractivity contribution >= 4 is 29.1 Å². The summed E-state index contributed by atoms with van der Waals surface area (Å²) in [4.78, 5) is 43.4. The van der Waals surface area contributed by atoms with Crippen LogP contribution in [0.2, 0.25) is 0 Å². The topological polar surface area (TPSA) is 82.2 Å². The van der Waals surface area contributed by atoms with Crippen molar-refractivity contribution in [2.75, 3.05) is 63.2 Å². The summed E-state index contributed by atoms with van der Waals surface area (Å²) in [7, 11) is 1.50. The number of halogens is 2. The molecule has 1 saturated heterocycles. The molecule has 0 unspecified atom stereocenters. The van der Waals surface area contributed by atoms with Crippen LogP contribution in [0.25, 0.3) is 0 Å². The van der Waals surface area contributed by atoms with Crippen LogP contribution in [0, 0.1) is 11.6 Å². The van der Waals surface area contributed by atoms with Gasteiger partial charge in [0.2, 0.25) is 5.91 Å². The molecule has 1 aliphatic heterocycles. The number of rotatable bonds is 9.